The van der Waals surface area contributed by atoms with Crippen LogP contribution in [0.1, 0.15) is 31.2 Å². The molecule has 0 atom stereocenters. The van der Waals surface area contributed by atoms with E-state index in [1.807, 2.05) is 7.05 Å². The molecule has 0 aliphatic heterocycles. The van der Waals surface area contributed by atoms with Gasteiger partial charge in [-0.3, -0.25) is 0 Å². The number of rotatable bonds is 5. The highest BCUT2D eigenvalue weighted by Gasteiger charge is 2.18. The summed E-state index contributed by atoms with van der Waals surface area (Å²) in [5.74, 6) is 0.890. The Bertz CT molecular complexity index is 386. The van der Waals surface area contributed by atoms with Gasteiger partial charge in [-0.25, -0.2) is 0 Å². The second kappa shape index (κ2) is 6.58. The van der Waals surface area contributed by atoms with Crippen molar-refractivity contribution in [2.45, 2.75) is 32.2 Å². The van der Waals surface area contributed by atoms with Crippen molar-refractivity contribution in [2.24, 2.45) is 5.92 Å². The molecule has 1 aliphatic carbocycles. The molecule has 1 N–H and O–H groups in total. The molecule has 18 heavy (non-hydrogen) atoms. The van der Waals surface area contributed by atoms with Crippen molar-refractivity contribution in [3.8, 4) is 0 Å². The minimum atomic E-state index is 0.890. The first-order valence-electron chi connectivity index (χ1n) is 6.85. The van der Waals surface area contributed by atoms with Gasteiger partial charge in [0, 0.05) is 30.3 Å². The minimum Gasteiger partial charge on any atom is -0.374 e. The second-order valence-electron chi connectivity index (χ2n) is 5.33. The largest absolute Gasteiger partial charge is 0.374 e. The molecule has 0 aromatic heterocycles. The maximum Gasteiger partial charge on any atom is 0.0410 e. The van der Waals surface area contributed by atoms with Gasteiger partial charge < -0.3 is 10.2 Å². The van der Waals surface area contributed by atoms with Crippen LogP contribution in [0.4, 0.5) is 5.69 Å². The molecule has 2 nitrogen and oxygen atoms in total. The van der Waals surface area contributed by atoms with Crippen LogP contribution < -0.4 is 10.2 Å². The highest BCUT2D eigenvalue weighted by atomic mass is 79.9. The van der Waals surface area contributed by atoms with E-state index in [9.17, 15) is 0 Å². The highest BCUT2D eigenvalue weighted by molar-refractivity contribution is 9.10. The smallest absolute Gasteiger partial charge is 0.0410 e. The van der Waals surface area contributed by atoms with E-state index in [1.54, 1.807) is 0 Å². The Hall–Kier alpha value is -0.540. The van der Waals surface area contributed by atoms with Crippen LogP contribution in [0.3, 0.4) is 0 Å². The van der Waals surface area contributed by atoms with E-state index in [0.29, 0.717) is 0 Å². The molecule has 0 heterocycles. The fourth-order valence-corrected chi connectivity index (χ4v) is 3.35. The van der Waals surface area contributed by atoms with Crippen molar-refractivity contribution in [2.75, 3.05) is 25.5 Å². The van der Waals surface area contributed by atoms with Gasteiger partial charge >= 0.3 is 0 Å². The number of nitrogens with one attached hydrogen (secondary N) is 1. The fraction of sp³-hybridized carbons (Fsp3) is 0.600. The lowest BCUT2D eigenvalue weighted by Gasteiger charge is -2.25. The predicted octanol–water partition coefficient (Wildman–Crippen LogP) is 3.79. The van der Waals surface area contributed by atoms with Crippen molar-refractivity contribution in [3.05, 3.63) is 28.2 Å². The summed E-state index contributed by atoms with van der Waals surface area (Å²) >= 11 is 3.56. The lowest BCUT2D eigenvalue weighted by Crippen LogP contribution is -2.25. The summed E-state index contributed by atoms with van der Waals surface area (Å²) in [7, 11) is 4.22. The lowest BCUT2D eigenvalue weighted by molar-refractivity contribution is 0.546. The van der Waals surface area contributed by atoms with Gasteiger partial charge in [-0.15, -0.1) is 0 Å². The maximum absolute atomic E-state index is 3.56. The van der Waals surface area contributed by atoms with E-state index in [4.69, 9.17) is 0 Å². The molecule has 0 saturated heterocycles. The number of nitrogens with zero attached hydrogens (tertiary/aromatic N) is 1. The van der Waals surface area contributed by atoms with Gasteiger partial charge in [0.05, 0.1) is 0 Å². The Labute approximate surface area is 119 Å². The molecule has 100 valence electrons. The predicted molar refractivity (Wildman–Crippen MR) is 82.1 cm³/mol. The second-order valence-corrected chi connectivity index (χ2v) is 6.25. The van der Waals surface area contributed by atoms with Crippen LogP contribution in [0.2, 0.25) is 0 Å². The van der Waals surface area contributed by atoms with Gasteiger partial charge in [0.15, 0.2) is 0 Å². The van der Waals surface area contributed by atoms with Crippen LogP contribution in [0.25, 0.3) is 0 Å². The van der Waals surface area contributed by atoms with Crippen LogP contribution >= 0.6 is 15.9 Å². The first-order valence-corrected chi connectivity index (χ1v) is 7.64. The van der Waals surface area contributed by atoms with E-state index in [1.165, 1.54) is 43.5 Å². The lowest BCUT2D eigenvalue weighted by atomic mass is 10.1. The summed E-state index contributed by atoms with van der Waals surface area (Å²) < 4.78 is 1.16. The van der Waals surface area contributed by atoms with Gasteiger partial charge in [0.25, 0.3) is 0 Å². The molecule has 1 saturated carbocycles. The molecule has 0 amide bonds. The van der Waals surface area contributed by atoms with Crippen LogP contribution in [-0.4, -0.2) is 20.6 Å². The monoisotopic (exact) mass is 310 g/mol. The number of anilines is 1. The van der Waals surface area contributed by atoms with Gasteiger partial charge in [-0.05, 0) is 49.6 Å². The highest BCUT2D eigenvalue weighted by Crippen LogP contribution is 2.29. The Morgan fingerprint density at radius 1 is 1.33 bits per heavy atom. The van der Waals surface area contributed by atoms with E-state index in [-0.39, 0.29) is 0 Å². The molecule has 0 spiro atoms. The van der Waals surface area contributed by atoms with E-state index < -0.39 is 0 Å². The molecular weight excluding hydrogens is 288 g/mol. The zero-order valence-corrected chi connectivity index (χ0v) is 13.0. The SMILES string of the molecule is CNCc1cc(Br)ccc1N(C)CC1CCCC1. The Morgan fingerprint density at radius 3 is 2.72 bits per heavy atom. The van der Waals surface area contributed by atoms with Gasteiger partial charge in [-0.1, -0.05) is 28.8 Å². The van der Waals surface area contributed by atoms with Crippen LogP contribution in [0, 0.1) is 5.92 Å². The zero-order chi connectivity index (χ0) is 13.0. The topological polar surface area (TPSA) is 15.3 Å². The van der Waals surface area contributed by atoms with Gasteiger partial charge in [0.1, 0.15) is 0 Å². The Kier molecular flexibility index (Phi) is 5.07. The third-order valence-corrected chi connectivity index (χ3v) is 4.32. The third kappa shape index (κ3) is 3.48. The van der Waals surface area contributed by atoms with Crippen LogP contribution in [0.5, 0.6) is 0 Å². The normalized spacial score (nSPS) is 16.2. The molecular formula is C15H23BrN2. The van der Waals surface area contributed by atoms with Crippen LogP contribution in [-0.2, 0) is 6.54 Å². The van der Waals surface area contributed by atoms with E-state index in [2.05, 4.69) is 51.4 Å². The minimum absolute atomic E-state index is 0.890. The van der Waals surface area contributed by atoms with Crippen molar-refractivity contribution in [1.29, 1.82) is 0 Å². The van der Waals surface area contributed by atoms with E-state index >= 15 is 0 Å². The van der Waals surface area contributed by atoms with Gasteiger partial charge in [-0.2, -0.15) is 0 Å². The van der Waals surface area contributed by atoms with Crippen molar-refractivity contribution < 1.29 is 0 Å². The zero-order valence-electron chi connectivity index (χ0n) is 11.4. The molecule has 3 heteroatoms. The molecule has 0 radical (unpaired) electrons. The number of hydrogen-bond acceptors (Lipinski definition) is 2. The van der Waals surface area contributed by atoms with Crippen molar-refractivity contribution >= 4 is 21.6 Å². The number of hydrogen-bond donors (Lipinski definition) is 1. The molecule has 1 fully saturated rings. The van der Waals surface area contributed by atoms with Crippen molar-refractivity contribution in [1.82, 2.24) is 5.32 Å². The Balaban J connectivity index is 2.09. The standard InChI is InChI=1S/C15H23BrN2/c1-17-10-13-9-14(16)7-8-15(13)18(2)11-12-5-3-4-6-12/h7-9,12,17H,3-6,10-11H2,1-2H3. The summed E-state index contributed by atoms with van der Waals surface area (Å²) in [6.45, 7) is 2.11. The summed E-state index contributed by atoms with van der Waals surface area (Å²) in [5.41, 5.74) is 2.73. The van der Waals surface area contributed by atoms with Gasteiger partial charge in [0.2, 0.25) is 0 Å². The summed E-state index contributed by atoms with van der Waals surface area (Å²) in [6.07, 6.45) is 5.65. The summed E-state index contributed by atoms with van der Waals surface area (Å²) in [6, 6.07) is 6.59. The first-order chi connectivity index (χ1) is 8.70. The molecule has 0 bridgehead atoms. The van der Waals surface area contributed by atoms with E-state index in [0.717, 1.165) is 16.9 Å². The fourth-order valence-electron chi connectivity index (χ4n) is 2.94. The van der Waals surface area contributed by atoms with Crippen molar-refractivity contribution in [3.63, 3.8) is 0 Å². The summed E-state index contributed by atoms with van der Waals surface area (Å²) in [5, 5.41) is 3.25. The van der Waals surface area contributed by atoms with Crippen LogP contribution in [0.15, 0.2) is 22.7 Å². The first kappa shape index (κ1) is 13.9. The Morgan fingerprint density at radius 2 is 2.06 bits per heavy atom. The average Bonchev–Trinajstić information content (AvgIpc) is 2.82. The molecule has 1 aromatic carbocycles. The molecule has 0 unspecified atom stereocenters. The number of halogens is 1. The quantitative estimate of drug-likeness (QED) is 0.890. The molecule has 1 aliphatic rings. The molecule has 1 aromatic rings. The third-order valence-electron chi connectivity index (χ3n) is 3.83. The molecule has 2 rings (SSSR count). The number of benzene rings is 1. The average molecular weight is 311 g/mol. The summed E-state index contributed by atoms with van der Waals surface area (Å²) in [4.78, 5) is 2.43. The maximum atomic E-state index is 3.56.